The quantitative estimate of drug-likeness (QED) is 0.817. The Labute approximate surface area is 147 Å². The monoisotopic (exact) mass is 338 g/mol. The molecule has 0 aliphatic heterocycles. The highest BCUT2D eigenvalue weighted by atomic mass is 16.4. The van der Waals surface area contributed by atoms with Crippen molar-refractivity contribution < 1.29 is 14.7 Å². The van der Waals surface area contributed by atoms with E-state index in [1.54, 1.807) is 12.4 Å². The minimum Gasteiger partial charge on any atom is -0.480 e. The molecule has 1 aromatic heterocycles. The Morgan fingerprint density at radius 1 is 1.04 bits per heavy atom. The lowest BCUT2D eigenvalue weighted by atomic mass is 9.85. The SMILES string of the molecule is CC(NC(=O)C1(C(=O)O)CCCC1)c1ccc(-c2ccncc2)cc1. The summed E-state index contributed by atoms with van der Waals surface area (Å²) in [4.78, 5) is 28.2. The number of hydrogen-bond acceptors (Lipinski definition) is 3. The number of carboxylic acid groups (broad SMARTS) is 1. The summed E-state index contributed by atoms with van der Waals surface area (Å²) in [6, 6.07) is 11.6. The Morgan fingerprint density at radius 2 is 1.60 bits per heavy atom. The lowest BCUT2D eigenvalue weighted by Gasteiger charge is -2.25. The molecule has 1 aliphatic rings. The lowest BCUT2D eigenvalue weighted by molar-refractivity contribution is -0.155. The number of aromatic nitrogens is 1. The van der Waals surface area contributed by atoms with Crippen LogP contribution in [0.5, 0.6) is 0 Å². The van der Waals surface area contributed by atoms with Crippen LogP contribution in [0.2, 0.25) is 0 Å². The maximum Gasteiger partial charge on any atom is 0.319 e. The molecule has 3 rings (SSSR count). The number of nitrogens with zero attached hydrogens (tertiary/aromatic N) is 1. The second kappa shape index (κ2) is 7.05. The van der Waals surface area contributed by atoms with Crippen LogP contribution in [0.1, 0.15) is 44.2 Å². The topological polar surface area (TPSA) is 79.3 Å². The van der Waals surface area contributed by atoms with Gasteiger partial charge in [-0.15, -0.1) is 0 Å². The number of rotatable bonds is 5. The van der Waals surface area contributed by atoms with E-state index in [-0.39, 0.29) is 11.9 Å². The Kier molecular flexibility index (Phi) is 4.83. The fraction of sp³-hybridized carbons (Fsp3) is 0.350. The van der Waals surface area contributed by atoms with Crippen LogP contribution in [0, 0.1) is 5.41 Å². The molecule has 0 spiro atoms. The van der Waals surface area contributed by atoms with Crippen LogP contribution in [-0.4, -0.2) is 22.0 Å². The second-order valence-corrected chi connectivity index (χ2v) is 6.65. The highest BCUT2D eigenvalue weighted by molar-refractivity contribution is 6.02. The van der Waals surface area contributed by atoms with Crippen LogP contribution in [-0.2, 0) is 9.59 Å². The number of carbonyl (C=O) groups is 2. The molecule has 25 heavy (non-hydrogen) atoms. The van der Waals surface area contributed by atoms with Crippen molar-refractivity contribution in [1.29, 1.82) is 0 Å². The van der Waals surface area contributed by atoms with Crippen LogP contribution in [0.25, 0.3) is 11.1 Å². The van der Waals surface area contributed by atoms with E-state index in [1.807, 2.05) is 43.3 Å². The third-order valence-corrected chi connectivity index (χ3v) is 5.07. The largest absolute Gasteiger partial charge is 0.480 e. The molecule has 1 saturated carbocycles. The summed E-state index contributed by atoms with van der Waals surface area (Å²) in [7, 11) is 0. The Bertz CT molecular complexity index is 750. The standard InChI is InChI=1S/C20H22N2O3/c1-14(22-18(23)20(19(24)25)10-2-3-11-20)15-4-6-16(7-5-15)17-8-12-21-13-9-17/h4-9,12-14H,2-3,10-11H2,1H3,(H,22,23)(H,24,25). The van der Waals surface area contributed by atoms with E-state index in [4.69, 9.17) is 0 Å². The first-order chi connectivity index (χ1) is 12.0. The van der Waals surface area contributed by atoms with Crippen LogP contribution >= 0.6 is 0 Å². The number of amides is 1. The fourth-order valence-electron chi connectivity index (χ4n) is 3.44. The summed E-state index contributed by atoms with van der Waals surface area (Å²) in [5.74, 6) is -1.38. The van der Waals surface area contributed by atoms with Crippen molar-refractivity contribution in [1.82, 2.24) is 10.3 Å². The summed E-state index contributed by atoms with van der Waals surface area (Å²) < 4.78 is 0. The van der Waals surface area contributed by atoms with E-state index in [9.17, 15) is 14.7 Å². The smallest absolute Gasteiger partial charge is 0.319 e. The van der Waals surface area contributed by atoms with Crippen molar-refractivity contribution in [2.75, 3.05) is 0 Å². The molecule has 130 valence electrons. The lowest BCUT2D eigenvalue weighted by Crippen LogP contribution is -2.45. The molecular formula is C20H22N2O3. The van der Waals surface area contributed by atoms with Crippen molar-refractivity contribution in [3.8, 4) is 11.1 Å². The van der Waals surface area contributed by atoms with Gasteiger partial charge in [0.2, 0.25) is 5.91 Å². The first kappa shape index (κ1) is 17.1. The van der Waals surface area contributed by atoms with Gasteiger partial charge in [0.05, 0.1) is 6.04 Å². The third-order valence-electron chi connectivity index (χ3n) is 5.07. The van der Waals surface area contributed by atoms with E-state index in [1.165, 1.54) is 0 Å². The zero-order chi connectivity index (χ0) is 17.9. The highest BCUT2D eigenvalue weighted by Gasteiger charge is 2.48. The first-order valence-corrected chi connectivity index (χ1v) is 8.58. The van der Waals surface area contributed by atoms with Gasteiger partial charge in [-0.05, 0) is 48.6 Å². The minimum absolute atomic E-state index is 0.240. The van der Waals surface area contributed by atoms with Gasteiger partial charge in [0.1, 0.15) is 5.41 Å². The maximum absolute atomic E-state index is 12.6. The number of nitrogens with one attached hydrogen (secondary N) is 1. The summed E-state index contributed by atoms with van der Waals surface area (Å²) in [5.41, 5.74) is 1.84. The number of carboxylic acids is 1. The Hall–Kier alpha value is -2.69. The van der Waals surface area contributed by atoms with Gasteiger partial charge in [0.25, 0.3) is 0 Å². The van der Waals surface area contributed by atoms with Crippen molar-refractivity contribution >= 4 is 11.9 Å². The molecule has 1 amide bonds. The second-order valence-electron chi connectivity index (χ2n) is 6.65. The molecule has 2 aromatic rings. The zero-order valence-corrected chi connectivity index (χ0v) is 14.2. The van der Waals surface area contributed by atoms with Gasteiger partial charge < -0.3 is 10.4 Å². The minimum atomic E-state index is -1.26. The van der Waals surface area contributed by atoms with E-state index in [2.05, 4.69) is 10.3 Å². The van der Waals surface area contributed by atoms with Crippen molar-refractivity contribution in [3.05, 3.63) is 54.4 Å². The number of pyridine rings is 1. The molecule has 0 bridgehead atoms. The fourth-order valence-corrected chi connectivity index (χ4v) is 3.44. The van der Waals surface area contributed by atoms with E-state index in [0.29, 0.717) is 12.8 Å². The number of benzene rings is 1. The predicted molar refractivity (Wildman–Crippen MR) is 94.8 cm³/mol. The molecule has 1 atom stereocenters. The van der Waals surface area contributed by atoms with Crippen LogP contribution in [0.4, 0.5) is 0 Å². The summed E-state index contributed by atoms with van der Waals surface area (Å²) >= 11 is 0. The van der Waals surface area contributed by atoms with Crippen molar-refractivity contribution in [3.63, 3.8) is 0 Å². The molecule has 1 heterocycles. The summed E-state index contributed by atoms with van der Waals surface area (Å²) in [5, 5.41) is 12.4. The number of aliphatic carboxylic acids is 1. The highest BCUT2D eigenvalue weighted by Crippen LogP contribution is 2.39. The summed E-state index contributed by atoms with van der Waals surface area (Å²) in [6.07, 6.45) is 5.91. The van der Waals surface area contributed by atoms with E-state index < -0.39 is 11.4 Å². The van der Waals surface area contributed by atoms with Gasteiger partial charge in [0.15, 0.2) is 0 Å². The maximum atomic E-state index is 12.6. The molecule has 0 saturated heterocycles. The Morgan fingerprint density at radius 3 is 2.16 bits per heavy atom. The molecule has 1 aliphatic carbocycles. The van der Waals surface area contributed by atoms with Gasteiger partial charge in [-0.2, -0.15) is 0 Å². The number of hydrogen-bond donors (Lipinski definition) is 2. The van der Waals surface area contributed by atoms with Crippen LogP contribution in [0.3, 0.4) is 0 Å². The normalized spacial score (nSPS) is 17.0. The third kappa shape index (κ3) is 3.40. The first-order valence-electron chi connectivity index (χ1n) is 8.58. The van der Waals surface area contributed by atoms with Crippen LogP contribution in [0.15, 0.2) is 48.8 Å². The average molecular weight is 338 g/mol. The van der Waals surface area contributed by atoms with Crippen molar-refractivity contribution in [2.24, 2.45) is 5.41 Å². The van der Waals surface area contributed by atoms with E-state index >= 15 is 0 Å². The van der Waals surface area contributed by atoms with Gasteiger partial charge in [-0.3, -0.25) is 14.6 Å². The molecule has 1 aromatic carbocycles. The van der Waals surface area contributed by atoms with Crippen molar-refractivity contribution in [2.45, 2.75) is 38.6 Å². The summed E-state index contributed by atoms with van der Waals surface area (Å²) in [6.45, 7) is 1.88. The Balaban J connectivity index is 1.72. The molecule has 1 fully saturated rings. The predicted octanol–water partition coefficient (Wildman–Crippen LogP) is 3.57. The molecule has 2 N–H and O–H groups in total. The van der Waals surface area contributed by atoms with Gasteiger partial charge in [0, 0.05) is 12.4 Å². The van der Waals surface area contributed by atoms with Gasteiger partial charge in [-0.25, -0.2) is 0 Å². The average Bonchev–Trinajstić information content (AvgIpc) is 3.14. The van der Waals surface area contributed by atoms with E-state index in [0.717, 1.165) is 29.5 Å². The van der Waals surface area contributed by atoms with Gasteiger partial charge >= 0.3 is 5.97 Å². The molecule has 5 nitrogen and oxygen atoms in total. The molecule has 1 unspecified atom stereocenters. The molecule has 0 radical (unpaired) electrons. The zero-order valence-electron chi connectivity index (χ0n) is 14.2. The number of carbonyl (C=O) groups excluding carboxylic acids is 1. The molecule has 5 heteroatoms. The molecular weight excluding hydrogens is 316 g/mol. The van der Waals surface area contributed by atoms with Crippen LogP contribution < -0.4 is 5.32 Å². The van der Waals surface area contributed by atoms with Gasteiger partial charge in [-0.1, -0.05) is 37.1 Å².